The number of fused-ring (bicyclic) bond motifs is 3. The Morgan fingerprint density at radius 1 is 1.19 bits per heavy atom. The molecule has 0 bridgehead atoms. The van der Waals surface area contributed by atoms with Crippen LogP contribution in [-0.2, 0) is 0 Å². The Labute approximate surface area is 157 Å². The number of benzene rings is 2. The number of carbonyl (C=O) groups excluding carboxylic acids is 1. The Morgan fingerprint density at radius 2 is 1.93 bits per heavy atom. The summed E-state index contributed by atoms with van der Waals surface area (Å²) in [5, 5.41) is 14.5. The number of allylic oxidation sites excluding steroid dienone is 2. The molecule has 6 heteroatoms. The minimum Gasteiger partial charge on any atom is -0.378 e. The first-order valence-electron chi connectivity index (χ1n) is 8.99. The predicted octanol–water partition coefficient (Wildman–Crippen LogP) is 4.12. The minimum absolute atomic E-state index is 0.00572. The zero-order valence-corrected chi connectivity index (χ0v) is 15.3. The fourth-order valence-corrected chi connectivity index (χ4v) is 4.12. The second kappa shape index (κ2) is 6.54. The Morgan fingerprint density at radius 3 is 2.59 bits per heavy atom. The molecule has 2 aromatic carbocycles. The smallest absolute Gasteiger partial charge is 0.269 e. The van der Waals surface area contributed by atoms with Crippen LogP contribution in [0.25, 0.3) is 0 Å². The quantitative estimate of drug-likeness (QED) is 0.506. The molecule has 1 aliphatic heterocycles. The summed E-state index contributed by atoms with van der Waals surface area (Å²) in [7, 11) is 3.51. The third kappa shape index (κ3) is 2.97. The lowest BCUT2D eigenvalue weighted by Gasteiger charge is -2.37. The highest BCUT2D eigenvalue weighted by Crippen LogP contribution is 2.50. The Hall–Kier alpha value is -3.15. The molecule has 27 heavy (non-hydrogen) atoms. The summed E-state index contributed by atoms with van der Waals surface area (Å²) in [5.41, 5.74) is 3.98. The molecule has 3 atom stereocenters. The molecule has 1 amide bonds. The number of nitro benzene ring substituents is 1. The molecule has 6 nitrogen and oxygen atoms in total. The van der Waals surface area contributed by atoms with Crippen LogP contribution in [0, 0.1) is 16.0 Å². The van der Waals surface area contributed by atoms with E-state index in [9.17, 15) is 14.9 Å². The molecule has 138 valence electrons. The van der Waals surface area contributed by atoms with E-state index >= 15 is 0 Å². The molecule has 2 aromatic rings. The van der Waals surface area contributed by atoms with Gasteiger partial charge in [-0.2, -0.15) is 0 Å². The molecule has 0 spiro atoms. The van der Waals surface area contributed by atoms with E-state index in [0.717, 1.165) is 23.2 Å². The van der Waals surface area contributed by atoms with Crippen molar-refractivity contribution in [3.05, 3.63) is 81.4 Å². The van der Waals surface area contributed by atoms with Crippen LogP contribution in [0.15, 0.2) is 54.6 Å². The van der Waals surface area contributed by atoms with Gasteiger partial charge in [-0.15, -0.1) is 0 Å². The molecule has 0 aromatic heterocycles. The van der Waals surface area contributed by atoms with Gasteiger partial charge in [0.05, 0.1) is 11.0 Å². The van der Waals surface area contributed by atoms with E-state index in [1.165, 1.54) is 0 Å². The van der Waals surface area contributed by atoms with Crippen LogP contribution >= 0.6 is 0 Å². The largest absolute Gasteiger partial charge is 0.378 e. The Kier molecular flexibility index (Phi) is 4.18. The predicted molar refractivity (Wildman–Crippen MR) is 104 cm³/mol. The standard InChI is InChI=1S/C21H21N3O3/c1-23(2)21(25)14-8-11-19-18(12-14)16-4-3-5-17(16)20(22-19)13-6-9-15(10-7-13)24(26)27/h3-4,6-12,16-17,20,22H,5H2,1-2H3. The van der Waals surface area contributed by atoms with Crippen molar-refractivity contribution in [2.75, 3.05) is 19.4 Å². The van der Waals surface area contributed by atoms with Gasteiger partial charge in [0, 0.05) is 43.4 Å². The van der Waals surface area contributed by atoms with E-state index in [0.29, 0.717) is 11.5 Å². The Balaban J connectivity index is 1.70. The number of nitro groups is 1. The number of hydrogen-bond donors (Lipinski definition) is 1. The molecule has 2 aliphatic rings. The molecule has 0 fully saturated rings. The van der Waals surface area contributed by atoms with Crippen molar-refractivity contribution in [2.24, 2.45) is 5.92 Å². The monoisotopic (exact) mass is 363 g/mol. The highest BCUT2D eigenvalue weighted by atomic mass is 16.6. The van der Waals surface area contributed by atoms with Crippen molar-refractivity contribution in [1.82, 2.24) is 4.90 Å². The van der Waals surface area contributed by atoms with Crippen LogP contribution in [0.2, 0.25) is 0 Å². The number of non-ortho nitro benzene ring substituents is 1. The molecular formula is C21H21N3O3. The summed E-state index contributed by atoms with van der Waals surface area (Å²) in [6, 6.07) is 12.7. The summed E-state index contributed by atoms with van der Waals surface area (Å²) in [6.45, 7) is 0. The fourth-order valence-electron chi connectivity index (χ4n) is 4.12. The lowest BCUT2D eigenvalue weighted by atomic mass is 9.76. The van der Waals surface area contributed by atoms with E-state index in [4.69, 9.17) is 0 Å². The molecule has 1 heterocycles. The van der Waals surface area contributed by atoms with Crippen LogP contribution in [0.4, 0.5) is 11.4 Å². The van der Waals surface area contributed by atoms with Crippen molar-refractivity contribution >= 4 is 17.3 Å². The average Bonchev–Trinajstić information content (AvgIpc) is 3.16. The van der Waals surface area contributed by atoms with E-state index in [-0.39, 0.29) is 28.5 Å². The van der Waals surface area contributed by atoms with Crippen molar-refractivity contribution < 1.29 is 9.72 Å². The van der Waals surface area contributed by atoms with Crippen LogP contribution in [-0.4, -0.2) is 29.8 Å². The van der Waals surface area contributed by atoms with Crippen molar-refractivity contribution in [3.8, 4) is 0 Å². The first kappa shape index (κ1) is 17.3. The zero-order chi connectivity index (χ0) is 19.1. The van der Waals surface area contributed by atoms with Crippen molar-refractivity contribution in [1.29, 1.82) is 0 Å². The number of carbonyl (C=O) groups is 1. The summed E-state index contributed by atoms with van der Waals surface area (Å²) in [4.78, 5) is 24.5. The van der Waals surface area contributed by atoms with Crippen LogP contribution in [0.1, 0.15) is 39.9 Å². The number of anilines is 1. The van der Waals surface area contributed by atoms with Gasteiger partial charge in [-0.1, -0.05) is 24.3 Å². The average molecular weight is 363 g/mol. The van der Waals surface area contributed by atoms with Crippen LogP contribution in [0.3, 0.4) is 0 Å². The van der Waals surface area contributed by atoms with E-state index < -0.39 is 0 Å². The van der Waals surface area contributed by atoms with Gasteiger partial charge in [0.2, 0.25) is 0 Å². The van der Waals surface area contributed by atoms with Crippen LogP contribution < -0.4 is 5.32 Å². The van der Waals surface area contributed by atoms with E-state index in [2.05, 4.69) is 17.5 Å². The lowest BCUT2D eigenvalue weighted by molar-refractivity contribution is -0.384. The molecule has 0 saturated heterocycles. The lowest BCUT2D eigenvalue weighted by Crippen LogP contribution is -2.29. The van der Waals surface area contributed by atoms with E-state index in [1.54, 1.807) is 31.1 Å². The third-order valence-corrected chi connectivity index (χ3v) is 5.48. The van der Waals surface area contributed by atoms with Crippen molar-refractivity contribution in [3.63, 3.8) is 0 Å². The van der Waals surface area contributed by atoms with Gasteiger partial charge >= 0.3 is 0 Å². The molecule has 4 rings (SSSR count). The normalized spacial score (nSPS) is 22.5. The van der Waals surface area contributed by atoms with Gasteiger partial charge in [0.1, 0.15) is 0 Å². The summed E-state index contributed by atoms with van der Waals surface area (Å²) in [5.74, 6) is 0.550. The highest BCUT2D eigenvalue weighted by Gasteiger charge is 2.38. The molecule has 3 unspecified atom stereocenters. The van der Waals surface area contributed by atoms with Gasteiger partial charge in [-0.05, 0) is 41.7 Å². The van der Waals surface area contributed by atoms with Gasteiger partial charge in [0.15, 0.2) is 0 Å². The zero-order valence-electron chi connectivity index (χ0n) is 15.3. The second-order valence-corrected chi connectivity index (χ2v) is 7.33. The maximum atomic E-state index is 12.3. The Bertz CT molecular complexity index is 934. The first-order chi connectivity index (χ1) is 13.0. The van der Waals surface area contributed by atoms with Gasteiger partial charge < -0.3 is 10.2 Å². The second-order valence-electron chi connectivity index (χ2n) is 7.33. The molecule has 0 radical (unpaired) electrons. The summed E-state index contributed by atoms with van der Waals surface area (Å²) < 4.78 is 0. The number of rotatable bonds is 3. The minimum atomic E-state index is -0.378. The fraction of sp³-hybridized carbons (Fsp3) is 0.286. The van der Waals surface area contributed by atoms with Crippen LogP contribution in [0.5, 0.6) is 0 Å². The number of hydrogen-bond acceptors (Lipinski definition) is 4. The summed E-state index contributed by atoms with van der Waals surface area (Å²) >= 11 is 0. The van der Waals surface area contributed by atoms with Gasteiger partial charge in [-0.25, -0.2) is 0 Å². The molecule has 0 saturated carbocycles. The summed E-state index contributed by atoms with van der Waals surface area (Å²) in [6.07, 6.45) is 5.34. The third-order valence-electron chi connectivity index (χ3n) is 5.48. The first-order valence-corrected chi connectivity index (χ1v) is 8.99. The highest BCUT2D eigenvalue weighted by molar-refractivity contribution is 5.94. The molecular weight excluding hydrogens is 342 g/mol. The molecule has 1 N–H and O–H groups in total. The van der Waals surface area contributed by atoms with Crippen molar-refractivity contribution in [2.45, 2.75) is 18.4 Å². The van der Waals surface area contributed by atoms with E-state index in [1.807, 2.05) is 30.3 Å². The molecule has 1 aliphatic carbocycles. The maximum absolute atomic E-state index is 12.3. The number of nitrogens with one attached hydrogen (secondary N) is 1. The number of nitrogens with zero attached hydrogens (tertiary/aromatic N) is 2. The number of amides is 1. The SMILES string of the molecule is CN(C)C(=O)c1ccc2c(c1)C1C=CCC1C(c1ccc([N+](=O)[O-])cc1)N2. The maximum Gasteiger partial charge on any atom is 0.269 e. The van der Waals surface area contributed by atoms with Gasteiger partial charge in [0.25, 0.3) is 11.6 Å². The van der Waals surface area contributed by atoms with Gasteiger partial charge in [-0.3, -0.25) is 14.9 Å². The topological polar surface area (TPSA) is 75.5 Å².